The van der Waals surface area contributed by atoms with Crippen LogP contribution in [0.4, 0.5) is 14.5 Å². The van der Waals surface area contributed by atoms with Crippen molar-refractivity contribution in [1.82, 2.24) is 0 Å². The summed E-state index contributed by atoms with van der Waals surface area (Å²) in [5, 5.41) is 8.71. The zero-order valence-electron chi connectivity index (χ0n) is 11.2. The fraction of sp³-hybridized carbons (Fsp3) is 0.462. The van der Waals surface area contributed by atoms with Crippen LogP contribution in [-0.4, -0.2) is 31.2 Å². The number of hydrogen-bond donors (Lipinski definition) is 2. The molecule has 1 aromatic carbocycles. The number of hydrogen-bond acceptors (Lipinski definition) is 3. The Morgan fingerprint density at radius 2 is 1.95 bits per heavy atom. The van der Waals surface area contributed by atoms with Crippen molar-refractivity contribution in [2.45, 2.75) is 13.8 Å². The van der Waals surface area contributed by atoms with E-state index in [1.807, 2.05) is 13.8 Å². The summed E-state index contributed by atoms with van der Waals surface area (Å²) in [5.74, 6) is -3.99. The van der Waals surface area contributed by atoms with Gasteiger partial charge in [-0.05, 0) is 24.1 Å². The summed E-state index contributed by atoms with van der Waals surface area (Å²) in [5.41, 5.74) is 4.68. The molecule has 0 aromatic heterocycles. The van der Waals surface area contributed by atoms with Gasteiger partial charge in [-0.2, -0.15) is 0 Å². The van der Waals surface area contributed by atoms with Crippen LogP contribution >= 0.6 is 0 Å². The Morgan fingerprint density at radius 1 is 1.37 bits per heavy atom. The average Bonchev–Trinajstić information content (AvgIpc) is 2.31. The van der Waals surface area contributed by atoms with Gasteiger partial charge in [0.05, 0.1) is 11.3 Å². The molecule has 4 nitrogen and oxygen atoms in total. The van der Waals surface area contributed by atoms with Crippen molar-refractivity contribution in [1.29, 1.82) is 0 Å². The number of anilines is 1. The van der Waals surface area contributed by atoms with Crippen molar-refractivity contribution in [3.63, 3.8) is 0 Å². The Kier molecular flexibility index (Phi) is 4.47. The molecule has 0 aliphatic carbocycles. The molecular weight excluding hydrogens is 254 g/mol. The smallest absolute Gasteiger partial charge is 0.338 e. The number of carboxylic acids is 1. The minimum absolute atomic E-state index is 0.0176. The van der Waals surface area contributed by atoms with Crippen LogP contribution < -0.4 is 10.6 Å². The van der Waals surface area contributed by atoms with Gasteiger partial charge >= 0.3 is 5.97 Å². The molecule has 3 N–H and O–H groups in total. The molecule has 0 aliphatic rings. The molecule has 0 aliphatic heterocycles. The number of halogens is 2. The highest BCUT2D eigenvalue weighted by Gasteiger charge is 2.23. The highest BCUT2D eigenvalue weighted by Crippen LogP contribution is 2.26. The summed E-state index contributed by atoms with van der Waals surface area (Å²) in [6.07, 6.45) is 0. The van der Waals surface area contributed by atoms with Crippen LogP contribution in [0.5, 0.6) is 0 Å². The Bertz CT molecular complexity index is 490. The fourth-order valence-electron chi connectivity index (χ4n) is 1.79. The van der Waals surface area contributed by atoms with Crippen molar-refractivity contribution in [2.75, 3.05) is 25.0 Å². The quantitative estimate of drug-likeness (QED) is 0.861. The normalized spacial score (nSPS) is 11.5. The van der Waals surface area contributed by atoms with E-state index in [-0.39, 0.29) is 11.1 Å². The number of aromatic carboxylic acids is 1. The minimum Gasteiger partial charge on any atom is -0.478 e. The van der Waals surface area contributed by atoms with E-state index in [2.05, 4.69) is 0 Å². The van der Waals surface area contributed by atoms with Crippen LogP contribution in [0.2, 0.25) is 0 Å². The van der Waals surface area contributed by atoms with Gasteiger partial charge in [0.1, 0.15) is 0 Å². The molecule has 0 radical (unpaired) electrons. The van der Waals surface area contributed by atoms with Crippen LogP contribution in [0, 0.1) is 17.0 Å². The van der Waals surface area contributed by atoms with E-state index in [1.165, 1.54) is 11.0 Å². The summed E-state index contributed by atoms with van der Waals surface area (Å²) in [6.45, 7) is 4.63. The lowest BCUT2D eigenvalue weighted by Crippen LogP contribution is -2.37. The van der Waals surface area contributed by atoms with Gasteiger partial charge in [0.15, 0.2) is 11.6 Å². The molecule has 19 heavy (non-hydrogen) atoms. The van der Waals surface area contributed by atoms with Gasteiger partial charge in [-0.15, -0.1) is 0 Å². The second kappa shape index (κ2) is 5.52. The van der Waals surface area contributed by atoms with E-state index in [0.29, 0.717) is 13.1 Å². The van der Waals surface area contributed by atoms with Gasteiger partial charge in [-0.3, -0.25) is 0 Å². The van der Waals surface area contributed by atoms with E-state index >= 15 is 0 Å². The molecule has 0 fully saturated rings. The van der Waals surface area contributed by atoms with Crippen LogP contribution in [0.25, 0.3) is 0 Å². The third kappa shape index (κ3) is 3.41. The monoisotopic (exact) mass is 272 g/mol. The molecule has 106 valence electrons. The first-order chi connectivity index (χ1) is 8.69. The lowest BCUT2D eigenvalue weighted by atomic mass is 9.93. The maximum atomic E-state index is 13.8. The number of nitrogens with zero attached hydrogens (tertiary/aromatic N) is 1. The molecule has 1 rings (SSSR count). The van der Waals surface area contributed by atoms with Crippen molar-refractivity contribution < 1.29 is 18.7 Å². The van der Waals surface area contributed by atoms with E-state index < -0.39 is 23.2 Å². The minimum atomic E-state index is -1.49. The van der Waals surface area contributed by atoms with Gasteiger partial charge in [-0.25, -0.2) is 13.6 Å². The van der Waals surface area contributed by atoms with Gasteiger partial charge in [0, 0.05) is 13.6 Å². The first-order valence-corrected chi connectivity index (χ1v) is 5.82. The lowest BCUT2D eigenvalue weighted by molar-refractivity contribution is 0.0690. The fourth-order valence-corrected chi connectivity index (χ4v) is 1.79. The first-order valence-electron chi connectivity index (χ1n) is 5.82. The summed E-state index contributed by atoms with van der Waals surface area (Å²) in [6, 6.07) is 2.32. The van der Waals surface area contributed by atoms with Gasteiger partial charge in [0.25, 0.3) is 0 Å². The van der Waals surface area contributed by atoms with E-state index in [1.54, 1.807) is 7.05 Å². The third-order valence-electron chi connectivity index (χ3n) is 2.92. The van der Waals surface area contributed by atoms with Gasteiger partial charge < -0.3 is 15.7 Å². The summed E-state index contributed by atoms with van der Waals surface area (Å²) < 4.78 is 27.4. The van der Waals surface area contributed by atoms with E-state index in [9.17, 15) is 13.6 Å². The third-order valence-corrected chi connectivity index (χ3v) is 2.92. The molecule has 0 heterocycles. The molecule has 0 saturated heterocycles. The maximum Gasteiger partial charge on any atom is 0.338 e. The first kappa shape index (κ1) is 15.4. The Hall–Kier alpha value is -1.69. The van der Waals surface area contributed by atoms with Crippen LogP contribution in [0.1, 0.15) is 24.2 Å². The Labute approximate surface area is 110 Å². The molecule has 0 atom stereocenters. The number of carbonyl (C=O) groups is 1. The highest BCUT2D eigenvalue weighted by molar-refractivity contribution is 5.88. The van der Waals surface area contributed by atoms with Crippen LogP contribution in [0.15, 0.2) is 12.1 Å². The molecular formula is C13H18F2N2O2. The van der Waals surface area contributed by atoms with E-state index in [0.717, 1.165) is 6.07 Å². The average molecular weight is 272 g/mol. The zero-order valence-corrected chi connectivity index (χ0v) is 11.2. The van der Waals surface area contributed by atoms with E-state index in [4.69, 9.17) is 10.8 Å². The molecule has 0 amide bonds. The van der Waals surface area contributed by atoms with Gasteiger partial charge in [0.2, 0.25) is 0 Å². The molecule has 6 heteroatoms. The molecule has 0 bridgehead atoms. The molecule has 0 unspecified atom stereocenters. The predicted octanol–water partition coefficient (Wildman–Crippen LogP) is 2.08. The van der Waals surface area contributed by atoms with Crippen molar-refractivity contribution in [2.24, 2.45) is 11.1 Å². The largest absolute Gasteiger partial charge is 0.478 e. The summed E-state index contributed by atoms with van der Waals surface area (Å²) >= 11 is 0. The zero-order chi connectivity index (χ0) is 14.8. The topological polar surface area (TPSA) is 66.6 Å². The maximum absolute atomic E-state index is 13.8. The Balaban J connectivity index is 3.09. The molecule has 1 aromatic rings. The van der Waals surface area contributed by atoms with Gasteiger partial charge in [-0.1, -0.05) is 13.8 Å². The number of benzene rings is 1. The Morgan fingerprint density at radius 3 is 2.42 bits per heavy atom. The molecule has 0 spiro atoms. The standard InChI is InChI=1S/C13H18F2N2O2/c1-13(2,6-16)7-17(3)9-5-4-8(12(18)19)10(14)11(9)15/h4-5H,6-7,16H2,1-3H3,(H,18,19). The number of nitrogens with two attached hydrogens (primary N) is 1. The summed E-state index contributed by atoms with van der Waals surface area (Å²) in [7, 11) is 1.61. The van der Waals surface area contributed by atoms with Crippen LogP contribution in [-0.2, 0) is 0 Å². The predicted molar refractivity (Wildman–Crippen MR) is 69.4 cm³/mol. The van der Waals surface area contributed by atoms with Crippen molar-refractivity contribution in [3.05, 3.63) is 29.3 Å². The highest BCUT2D eigenvalue weighted by atomic mass is 19.2. The SMILES string of the molecule is CN(CC(C)(C)CN)c1ccc(C(=O)O)c(F)c1F. The molecule has 0 saturated carbocycles. The number of rotatable bonds is 5. The van der Waals surface area contributed by atoms with Crippen LogP contribution in [0.3, 0.4) is 0 Å². The second-order valence-corrected chi connectivity index (χ2v) is 5.29. The van der Waals surface area contributed by atoms with Crippen molar-refractivity contribution >= 4 is 11.7 Å². The van der Waals surface area contributed by atoms with Crippen molar-refractivity contribution in [3.8, 4) is 0 Å². The summed E-state index contributed by atoms with van der Waals surface area (Å²) in [4.78, 5) is 12.2. The lowest BCUT2D eigenvalue weighted by Gasteiger charge is -2.30. The number of carboxylic acid groups (broad SMARTS) is 1. The second-order valence-electron chi connectivity index (χ2n) is 5.29.